The molecule has 2 amide bonds. The highest BCUT2D eigenvalue weighted by molar-refractivity contribution is 5.97. The fourth-order valence-electron chi connectivity index (χ4n) is 1.07. The van der Waals surface area contributed by atoms with Crippen LogP contribution in [0.3, 0.4) is 0 Å². The minimum absolute atomic E-state index is 0.149. The van der Waals surface area contributed by atoms with Crippen LogP contribution in [0.15, 0.2) is 18.5 Å². The van der Waals surface area contributed by atoms with Crippen LogP contribution < -0.4 is 11.1 Å². The van der Waals surface area contributed by atoms with Gasteiger partial charge in [0.25, 0.3) is 5.91 Å². The van der Waals surface area contributed by atoms with Crippen LogP contribution in [-0.4, -0.2) is 39.1 Å². The molecule has 1 aromatic heterocycles. The van der Waals surface area contributed by atoms with Gasteiger partial charge in [0, 0.05) is 0 Å². The molecule has 0 aliphatic rings. The zero-order valence-corrected chi connectivity index (χ0v) is 8.66. The Morgan fingerprint density at radius 2 is 2.12 bits per heavy atom. The van der Waals surface area contributed by atoms with Gasteiger partial charge in [0.05, 0.1) is 24.4 Å². The van der Waals surface area contributed by atoms with Crippen LogP contribution in [0.1, 0.15) is 16.8 Å². The van der Waals surface area contributed by atoms with Gasteiger partial charge in [-0.1, -0.05) is 0 Å². The third-order valence-electron chi connectivity index (χ3n) is 1.86. The van der Waals surface area contributed by atoms with Gasteiger partial charge in [0.1, 0.15) is 6.04 Å². The van der Waals surface area contributed by atoms with E-state index in [9.17, 15) is 14.4 Å². The lowest BCUT2D eigenvalue weighted by atomic mass is 10.2. The van der Waals surface area contributed by atoms with E-state index in [0.717, 1.165) is 0 Å². The van der Waals surface area contributed by atoms with Crippen molar-refractivity contribution in [3.63, 3.8) is 0 Å². The van der Waals surface area contributed by atoms with Crippen molar-refractivity contribution >= 4 is 17.8 Å². The van der Waals surface area contributed by atoms with E-state index in [2.05, 4.69) is 15.5 Å². The van der Waals surface area contributed by atoms with Crippen molar-refractivity contribution in [1.29, 1.82) is 0 Å². The molecule has 17 heavy (non-hydrogen) atoms. The van der Waals surface area contributed by atoms with Crippen LogP contribution in [0.25, 0.3) is 0 Å². The van der Waals surface area contributed by atoms with E-state index in [1.165, 1.54) is 18.5 Å². The standard InChI is InChI=1S/C9H10N4O4/c10-7(14)3-6(9(16)17)13-8(15)5-1-2-11-12-4-5/h1-2,4,6H,3H2,(H2,10,14)(H,13,15)(H,16,17). The second kappa shape index (κ2) is 5.54. The summed E-state index contributed by atoms with van der Waals surface area (Å²) in [5.41, 5.74) is 5.02. The number of hydrogen-bond donors (Lipinski definition) is 3. The number of nitrogens with zero attached hydrogens (tertiary/aromatic N) is 2. The van der Waals surface area contributed by atoms with Gasteiger partial charge in [0.2, 0.25) is 5.91 Å². The number of carboxylic acids is 1. The van der Waals surface area contributed by atoms with Crippen molar-refractivity contribution in [2.45, 2.75) is 12.5 Å². The summed E-state index contributed by atoms with van der Waals surface area (Å²) in [6.07, 6.45) is 2.00. The first-order chi connectivity index (χ1) is 8.00. The Kier molecular flexibility index (Phi) is 4.09. The van der Waals surface area contributed by atoms with Crippen LogP contribution in [0.5, 0.6) is 0 Å². The Morgan fingerprint density at radius 1 is 1.41 bits per heavy atom. The van der Waals surface area contributed by atoms with Gasteiger partial charge in [-0.25, -0.2) is 4.79 Å². The molecule has 0 bridgehead atoms. The Labute approximate surface area is 95.8 Å². The summed E-state index contributed by atoms with van der Waals surface area (Å²) < 4.78 is 0. The Balaban J connectivity index is 2.71. The molecule has 0 fully saturated rings. The minimum atomic E-state index is -1.35. The van der Waals surface area contributed by atoms with Crippen LogP contribution >= 0.6 is 0 Å². The molecule has 0 saturated heterocycles. The highest BCUT2D eigenvalue weighted by Gasteiger charge is 2.22. The maximum absolute atomic E-state index is 11.5. The van der Waals surface area contributed by atoms with Gasteiger partial charge < -0.3 is 16.2 Å². The number of amides is 2. The number of carbonyl (C=O) groups is 3. The van der Waals surface area contributed by atoms with Crippen molar-refractivity contribution in [3.05, 3.63) is 24.0 Å². The lowest BCUT2D eigenvalue weighted by Gasteiger charge is -2.12. The number of aromatic nitrogens is 2. The normalized spacial score (nSPS) is 11.5. The molecule has 0 aromatic carbocycles. The zero-order chi connectivity index (χ0) is 12.8. The zero-order valence-electron chi connectivity index (χ0n) is 8.66. The summed E-state index contributed by atoms with van der Waals surface area (Å²) in [5.74, 6) is -2.81. The smallest absolute Gasteiger partial charge is 0.326 e. The number of rotatable bonds is 5. The summed E-state index contributed by atoms with van der Waals surface area (Å²) in [7, 11) is 0. The Hall–Kier alpha value is -2.51. The molecule has 0 aliphatic heterocycles. The van der Waals surface area contributed by atoms with Gasteiger partial charge in [-0.05, 0) is 6.07 Å². The molecule has 1 atom stereocenters. The van der Waals surface area contributed by atoms with Crippen LogP contribution in [0, 0.1) is 0 Å². The molecule has 8 heteroatoms. The number of nitrogens with one attached hydrogen (secondary N) is 1. The van der Waals surface area contributed by atoms with Crippen molar-refractivity contribution in [2.24, 2.45) is 5.73 Å². The van der Waals surface area contributed by atoms with Gasteiger partial charge in [0.15, 0.2) is 0 Å². The summed E-state index contributed by atoms with van der Waals surface area (Å²) in [4.78, 5) is 32.9. The number of nitrogens with two attached hydrogens (primary N) is 1. The highest BCUT2D eigenvalue weighted by Crippen LogP contribution is 1.98. The number of hydrogen-bond acceptors (Lipinski definition) is 5. The molecular weight excluding hydrogens is 228 g/mol. The second-order valence-corrected chi connectivity index (χ2v) is 3.17. The van der Waals surface area contributed by atoms with Crippen molar-refractivity contribution in [3.8, 4) is 0 Å². The van der Waals surface area contributed by atoms with E-state index in [1.54, 1.807) is 0 Å². The van der Waals surface area contributed by atoms with E-state index in [1.807, 2.05) is 0 Å². The SMILES string of the molecule is NC(=O)CC(NC(=O)c1ccnnc1)C(=O)O. The first-order valence-corrected chi connectivity index (χ1v) is 4.59. The first kappa shape index (κ1) is 12.6. The van der Waals surface area contributed by atoms with Gasteiger partial charge in [-0.3, -0.25) is 9.59 Å². The van der Waals surface area contributed by atoms with Gasteiger partial charge in [-0.15, -0.1) is 0 Å². The van der Waals surface area contributed by atoms with Crippen molar-refractivity contribution in [2.75, 3.05) is 0 Å². The third kappa shape index (κ3) is 3.86. The number of primary amides is 1. The number of carbonyl (C=O) groups excluding carboxylic acids is 2. The topological polar surface area (TPSA) is 135 Å². The molecule has 0 radical (unpaired) electrons. The van der Waals surface area contributed by atoms with Crippen LogP contribution in [0.4, 0.5) is 0 Å². The second-order valence-electron chi connectivity index (χ2n) is 3.17. The van der Waals surface area contributed by atoms with E-state index < -0.39 is 30.2 Å². The molecule has 0 saturated carbocycles. The maximum atomic E-state index is 11.5. The lowest BCUT2D eigenvalue weighted by Crippen LogP contribution is -2.43. The average molecular weight is 238 g/mol. The molecule has 0 aliphatic carbocycles. The summed E-state index contributed by atoms with van der Waals surface area (Å²) in [6.45, 7) is 0. The Morgan fingerprint density at radius 3 is 2.59 bits per heavy atom. The fourth-order valence-corrected chi connectivity index (χ4v) is 1.07. The third-order valence-corrected chi connectivity index (χ3v) is 1.86. The molecule has 1 heterocycles. The molecule has 0 spiro atoms. The first-order valence-electron chi connectivity index (χ1n) is 4.59. The number of aliphatic carboxylic acids is 1. The maximum Gasteiger partial charge on any atom is 0.326 e. The van der Waals surface area contributed by atoms with Crippen LogP contribution in [0.2, 0.25) is 0 Å². The quantitative estimate of drug-likeness (QED) is 0.573. The van der Waals surface area contributed by atoms with E-state index in [4.69, 9.17) is 10.8 Å². The van der Waals surface area contributed by atoms with Crippen molar-refractivity contribution < 1.29 is 19.5 Å². The summed E-state index contributed by atoms with van der Waals surface area (Å²) in [6, 6.07) is 0.0130. The highest BCUT2D eigenvalue weighted by atomic mass is 16.4. The van der Waals surface area contributed by atoms with E-state index in [0.29, 0.717) is 0 Å². The predicted octanol–water partition coefficient (Wildman–Crippen LogP) is -1.46. The molecular formula is C9H10N4O4. The monoisotopic (exact) mass is 238 g/mol. The Bertz CT molecular complexity index is 434. The molecule has 1 aromatic rings. The molecule has 8 nitrogen and oxygen atoms in total. The minimum Gasteiger partial charge on any atom is -0.480 e. The number of carboxylic acid groups (broad SMARTS) is 1. The van der Waals surface area contributed by atoms with Gasteiger partial charge >= 0.3 is 5.97 Å². The molecule has 90 valence electrons. The summed E-state index contributed by atoms with van der Waals surface area (Å²) in [5, 5.41) is 17.9. The van der Waals surface area contributed by atoms with Gasteiger partial charge in [-0.2, -0.15) is 10.2 Å². The summed E-state index contributed by atoms with van der Waals surface area (Å²) >= 11 is 0. The van der Waals surface area contributed by atoms with E-state index in [-0.39, 0.29) is 5.56 Å². The van der Waals surface area contributed by atoms with Crippen LogP contribution in [-0.2, 0) is 9.59 Å². The molecule has 1 rings (SSSR count). The largest absolute Gasteiger partial charge is 0.480 e. The predicted molar refractivity (Wildman–Crippen MR) is 54.7 cm³/mol. The average Bonchev–Trinajstić information content (AvgIpc) is 2.28. The molecule has 1 unspecified atom stereocenters. The van der Waals surface area contributed by atoms with Crippen molar-refractivity contribution in [1.82, 2.24) is 15.5 Å². The van der Waals surface area contributed by atoms with E-state index >= 15 is 0 Å². The lowest BCUT2D eigenvalue weighted by molar-refractivity contribution is -0.140. The molecule has 4 N–H and O–H groups in total. The fraction of sp³-hybridized carbons (Fsp3) is 0.222.